The lowest BCUT2D eigenvalue weighted by molar-refractivity contribution is 0.670. The second-order valence-corrected chi connectivity index (χ2v) is 14.7. The van der Waals surface area contributed by atoms with Crippen molar-refractivity contribution in [3.8, 4) is 33.4 Å². The van der Waals surface area contributed by atoms with Gasteiger partial charge in [0.2, 0.25) is 0 Å². The third-order valence-corrected chi connectivity index (χ3v) is 11.8. The summed E-state index contributed by atoms with van der Waals surface area (Å²) in [7, 11) is 0. The average Bonchev–Trinajstić information content (AvgIpc) is 3.63. The molecule has 0 N–H and O–H groups in total. The number of furan rings is 1. The zero-order valence-corrected chi connectivity index (χ0v) is 29.9. The Morgan fingerprint density at radius 2 is 0.745 bits per heavy atom. The number of hydrogen-bond donors (Lipinski definition) is 0. The van der Waals surface area contributed by atoms with E-state index in [2.05, 4.69) is 194 Å². The third-order valence-electron chi connectivity index (χ3n) is 11.8. The van der Waals surface area contributed by atoms with Crippen LogP contribution < -0.4 is 0 Å². The SMILES string of the molecule is c1ccc(-c2cccc(-c3c4ccccc4c(-c4ccc5c(c4)c4ccccc4c4cc6c(cc54)oc4ccc5ccccc5c46)c4ccccc34)c2)cc1. The molecule has 0 aliphatic carbocycles. The normalized spacial score (nSPS) is 12.0. The van der Waals surface area contributed by atoms with Gasteiger partial charge in [-0.05, 0) is 128 Å². The van der Waals surface area contributed by atoms with Crippen molar-refractivity contribution in [2.45, 2.75) is 0 Å². The summed E-state index contributed by atoms with van der Waals surface area (Å²) >= 11 is 0. The van der Waals surface area contributed by atoms with Gasteiger partial charge in [0.25, 0.3) is 0 Å². The first-order valence-electron chi connectivity index (χ1n) is 19.0. The number of fused-ring (bicyclic) bond motifs is 13. The molecule has 0 aliphatic heterocycles. The fourth-order valence-corrected chi connectivity index (χ4v) is 9.38. The van der Waals surface area contributed by atoms with Gasteiger partial charge < -0.3 is 4.42 Å². The highest BCUT2D eigenvalue weighted by atomic mass is 16.3. The van der Waals surface area contributed by atoms with E-state index in [0.29, 0.717) is 0 Å². The Labute approximate surface area is 317 Å². The standard InChI is InChI=1S/C54H32O/c1-2-13-33(14-3-1)35-16-12-17-36(29-35)52-42-21-8-10-23-44(42)53(45-24-11-9-22-43(45)52)37-25-27-41-46(30-37)39-19-6-7-20-40(39)47-31-49-51(32-48(41)47)55-50-28-26-34-15-4-5-18-38(34)54(49)50/h1-32H. The van der Waals surface area contributed by atoms with Gasteiger partial charge in [-0.2, -0.15) is 0 Å². The van der Waals surface area contributed by atoms with Crippen molar-refractivity contribution in [2.24, 2.45) is 0 Å². The summed E-state index contributed by atoms with van der Waals surface area (Å²) < 4.78 is 6.60. The van der Waals surface area contributed by atoms with Gasteiger partial charge in [0.15, 0.2) is 0 Å². The summed E-state index contributed by atoms with van der Waals surface area (Å²) in [6, 6.07) is 71.1. The van der Waals surface area contributed by atoms with Crippen LogP contribution in [0.2, 0.25) is 0 Å². The average molecular weight is 697 g/mol. The Hall–Kier alpha value is -7.22. The topological polar surface area (TPSA) is 13.1 Å². The molecule has 0 aliphatic rings. The van der Waals surface area contributed by atoms with E-state index >= 15 is 0 Å². The lowest BCUT2D eigenvalue weighted by atomic mass is 9.84. The van der Waals surface area contributed by atoms with E-state index in [1.54, 1.807) is 0 Å². The second-order valence-electron chi connectivity index (χ2n) is 14.7. The van der Waals surface area contributed by atoms with Crippen LogP contribution in [0.4, 0.5) is 0 Å². The van der Waals surface area contributed by atoms with Crippen LogP contribution in [-0.4, -0.2) is 0 Å². The molecule has 55 heavy (non-hydrogen) atoms. The molecule has 0 saturated heterocycles. The summed E-state index contributed by atoms with van der Waals surface area (Å²) in [5, 5.41) is 17.2. The van der Waals surface area contributed by atoms with E-state index in [1.165, 1.54) is 103 Å². The predicted octanol–water partition coefficient (Wildman–Crippen LogP) is 15.5. The minimum Gasteiger partial charge on any atom is -0.456 e. The van der Waals surface area contributed by atoms with Crippen LogP contribution in [0.1, 0.15) is 0 Å². The first-order valence-corrected chi connectivity index (χ1v) is 19.0. The monoisotopic (exact) mass is 696 g/mol. The van der Waals surface area contributed by atoms with Crippen LogP contribution in [0.3, 0.4) is 0 Å². The molecule has 254 valence electrons. The van der Waals surface area contributed by atoms with E-state index < -0.39 is 0 Å². The summed E-state index contributed by atoms with van der Waals surface area (Å²) in [4.78, 5) is 0. The van der Waals surface area contributed by atoms with Gasteiger partial charge in [0.1, 0.15) is 11.2 Å². The van der Waals surface area contributed by atoms with Gasteiger partial charge in [-0.3, -0.25) is 0 Å². The summed E-state index contributed by atoms with van der Waals surface area (Å²) in [6.45, 7) is 0. The van der Waals surface area contributed by atoms with Crippen molar-refractivity contribution in [2.75, 3.05) is 0 Å². The predicted molar refractivity (Wildman–Crippen MR) is 235 cm³/mol. The Kier molecular flexibility index (Phi) is 6.40. The van der Waals surface area contributed by atoms with Crippen LogP contribution in [0.5, 0.6) is 0 Å². The van der Waals surface area contributed by atoms with Crippen molar-refractivity contribution >= 4 is 86.6 Å². The van der Waals surface area contributed by atoms with Crippen LogP contribution in [-0.2, 0) is 0 Å². The van der Waals surface area contributed by atoms with E-state index in [0.717, 1.165) is 16.6 Å². The molecule has 12 rings (SSSR count). The van der Waals surface area contributed by atoms with Crippen LogP contribution in [0.15, 0.2) is 199 Å². The quantitative estimate of drug-likeness (QED) is 0.132. The smallest absolute Gasteiger partial charge is 0.136 e. The van der Waals surface area contributed by atoms with Crippen molar-refractivity contribution in [1.82, 2.24) is 0 Å². The highest BCUT2D eigenvalue weighted by molar-refractivity contribution is 6.31. The van der Waals surface area contributed by atoms with Crippen molar-refractivity contribution in [3.63, 3.8) is 0 Å². The van der Waals surface area contributed by atoms with E-state index in [-0.39, 0.29) is 0 Å². The molecule has 12 aromatic rings. The van der Waals surface area contributed by atoms with E-state index in [1.807, 2.05) is 0 Å². The number of hydrogen-bond acceptors (Lipinski definition) is 1. The molecule has 1 heteroatoms. The van der Waals surface area contributed by atoms with Gasteiger partial charge in [0.05, 0.1) is 0 Å². The maximum absolute atomic E-state index is 6.60. The molecule has 0 atom stereocenters. The van der Waals surface area contributed by atoms with Crippen molar-refractivity contribution in [3.05, 3.63) is 194 Å². The molecule has 0 unspecified atom stereocenters. The second kappa shape index (κ2) is 11.6. The summed E-state index contributed by atoms with van der Waals surface area (Å²) in [5.74, 6) is 0. The van der Waals surface area contributed by atoms with Crippen LogP contribution in [0.25, 0.3) is 120 Å². The fourth-order valence-electron chi connectivity index (χ4n) is 9.38. The number of rotatable bonds is 3. The Bertz CT molecular complexity index is 3480. The molecule has 0 spiro atoms. The molecule has 1 heterocycles. The van der Waals surface area contributed by atoms with Gasteiger partial charge in [-0.25, -0.2) is 0 Å². The maximum Gasteiger partial charge on any atom is 0.136 e. The van der Waals surface area contributed by atoms with E-state index in [4.69, 9.17) is 4.42 Å². The Balaban J connectivity index is 1.13. The van der Waals surface area contributed by atoms with Gasteiger partial charge in [-0.15, -0.1) is 0 Å². The molecular weight excluding hydrogens is 665 g/mol. The van der Waals surface area contributed by atoms with E-state index in [9.17, 15) is 0 Å². The molecule has 0 saturated carbocycles. The van der Waals surface area contributed by atoms with Crippen molar-refractivity contribution in [1.29, 1.82) is 0 Å². The lowest BCUT2D eigenvalue weighted by Gasteiger charge is -2.19. The highest BCUT2D eigenvalue weighted by Gasteiger charge is 2.19. The van der Waals surface area contributed by atoms with Crippen LogP contribution >= 0.6 is 0 Å². The zero-order valence-electron chi connectivity index (χ0n) is 29.9. The minimum atomic E-state index is 0.920. The van der Waals surface area contributed by atoms with Crippen molar-refractivity contribution < 1.29 is 4.42 Å². The Morgan fingerprint density at radius 3 is 1.44 bits per heavy atom. The maximum atomic E-state index is 6.60. The van der Waals surface area contributed by atoms with Gasteiger partial charge >= 0.3 is 0 Å². The first-order chi connectivity index (χ1) is 27.3. The summed E-state index contributed by atoms with van der Waals surface area (Å²) in [6.07, 6.45) is 0. The highest BCUT2D eigenvalue weighted by Crippen LogP contribution is 2.47. The Morgan fingerprint density at radius 1 is 0.236 bits per heavy atom. The molecule has 0 fully saturated rings. The minimum absolute atomic E-state index is 0.920. The molecule has 11 aromatic carbocycles. The first kappa shape index (κ1) is 30.3. The molecule has 1 nitrogen and oxygen atoms in total. The molecule has 0 amide bonds. The molecule has 0 radical (unpaired) electrons. The molecular formula is C54H32O. The van der Waals surface area contributed by atoms with Crippen LogP contribution in [0, 0.1) is 0 Å². The number of benzene rings is 11. The largest absolute Gasteiger partial charge is 0.456 e. The summed E-state index contributed by atoms with van der Waals surface area (Å²) in [5.41, 5.74) is 9.26. The third kappa shape index (κ3) is 4.48. The molecule has 0 bridgehead atoms. The fraction of sp³-hybridized carbons (Fsp3) is 0. The molecule has 1 aromatic heterocycles. The van der Waals surface area contributed by atoms with Gasteiger partial charge in [-0.1, -0.05) is 164 Å². The zero-order chi connectivity index (χ0) is 36.0. The van der Waals surface area contributed by atoms with Gasteiger partial charge in [0, 0.05) is 10.8 Å². The lowest BCUT2D eigenvalue weighted by Crippen LogP contribution is -1.92.